The summed E-state index contributed by atoms with van der Waals surface area (Å²) in [7, 11) is -3.38. The van der Waals surface area contributed by atoms with Crippen molar-refractivity contribution in [2.45, 2.75) is 6.92 Å². The van der Waals surface area contributed by atoms with Crippen LogP contribution < -0.4 is 15.8 Å². The molecule has 0 bridgehead atoms. The van der Waals surface area contributed by atoms with Crippen LogP contribution in [0.4, 0.5) is 23.0 Å². The predicted molar refractivity (Wildman–Crippen MR) is 114 cm³/mol. The molecular weight excluding hydrogens is 390 g/mol. The molecule has 0 aliphatic carbocycles. The van der Waals surface area contributed by atoms with Crippen molar-refractivity contribution in [1.29, 1.82) is 0 Å². The van der Waals surface area contributed by atoms with Crippen LogP contribution in [0.25, 0.3) is 17.0 Å². The van der Waals surface area contributed by atoms with Gasteiger partial charge < -0.3 is 11.1 Å². The second kappa shape index (κ2) is 7.06. The molecule has 0 fully saturated rings. The van der Waals surface area contributed by atoms with Crippen LogP contribution in [0.3, 0.4) is 0 Å². The van der Waals surface area contributed by atoms with Crippen LogP contribution in [0.5, 0.6) is 0 Å². The van der Waals surface area contributed by atoms with E-state index in [0.717, 1.165) is 17.6 Å². The van der Waals surface area contributed by atoms with E-state index in [1.165, 1.54) is 0 Å². The van der Waals surface area contributed by atoms with Gasteiger partial charge >= 0.3 is 0 Å². The van der Waals surface area contributed by atoms with Gasteiger partial charge in [0.2, 0.25) is 10.0 Å². The van der Waals surface area contributed by atoms with E-state index in [1.54, 1.807) is 31.2 Å². The number of aryl methyl sites for hydroxylation is 1. The van der Waals surface area contributed by atoms with Crippen molar-refractivity contribution < 1.29 is 8.42 Å². The standard InChI is InChI=1S/C19H19N7O2S/c1-12-21-15(11-16(20)22-12)18-19(24-17-8-3-4-9-26(17)18)23-13-6-5-7-14(10-13)25-29(2,27)28/h3-11,23,25H,1-2H3,(H2,20,21,22). The molecule has 0 amide bonds. The van der Waals surface area contributed by atoms with Gasteiger partial charge in [-0.05, 0) is 37.3 Å². The summed E-state index contributed by atoms with van der Waals surface area (Å²) in [4.78, 5) is 13.3. The molecule has 4 aromatic rings. The zero-order chi connectivity index (χ0) is 20.6. The third-order valence-electron chi connectivity index (χ3n) is 4.06. The van der Waals surface area contributed by atoms with E-state index in [1.807, 2.05) is 34.9 Å². The first-order valence-electron chi connectivity index (χ1n) is 8.72. The van der Waals surface area contributed by atoms with Gasteiger partial charge in [0, 0.05) is 18.0 Å². The first-order valence-corrected chi connectivity index (χ1v) is 10.6. The second-order valence-electron chi connectivity index (χ2n) is 6.54. The van der Waals surface area contributed by atoms with Crippen LogP contribution in [0.2, 0.25) is 0 Å². The quantitative estimate of drug-likeness (QED) is 0.462. The maximum absolute atomic E-state index is 11.5. The van der Waals surface area contributed by atoms with Gasteiger partial charge in [-0.1, -0.05) is 12.1 Å². The molecule has 0 unspecified atom stereocenters. The highest BCUT2D eigenvalue weighted by molar-refractivity contribution is 7.92. The first-order chi connectivity index (χ1) is 13.8. The number of sulfonamides is 1. The number of anilines is 4. The fourth-order valence-corrected chi connectivity index (χ4v) is 3.61. The van der Waals surface area contributed by atoms with E-state index in [0.29, 0.717) is 34.5 Å². The first kappa shape index (κ1) is 18.7. The molecule has 148 valence electrons. The lowest BCUT2D eigenvalue weighted by Crippen LogP contribution is -2.09. The summed E-state index contributed by atoms with van der Waals surface area (Å²) in [5, 5.41) is 3.26. The Morgan fingerprint density at radius 2 is 1.79 bits per heavy atom. The maximum atomic E-state index is 11.5. The molecule has 0 saturated carbocycles. The number of pyridine rings is 1. The van der Waals surface area contributed by atoms with Crippen LogP contribution in [-0.4, -0.2) is 34.0 Å². The van der Waals surface area contributed by atoms with E-state index in [-0.39, 0.29) is 0 Å². The van der Waals surface area contributed by atoms with E-state index < -0.39 is 10.0 Å². The summed E-state index contributed by atoms with van der Waals surface area (Å²) in [6, 6.07) is 14.3. The number of hydrogen-bond acceptors (Lipinski definition) is 7. The van der Waals surface area contributed by atoms with E-state index >= 15 is 0 Å². The molecule has 0 aliphatic rings. The van der Waals surface area contributed by atoms with Gasteiger partial charge in [-0.2, -0.15) is 0 Å². The minimum absolute atomic E-state index is 0.365. The molecule has 10 heteroatoms. The summed E-state index contributed by atoms with van der Waals surface area (Å²) in [6.45, 7) is 1.77. The number of nitrogens with one attached hydrogen (secondary N) is 2. The Kier molecular flexibility index (Phi) is 4.55. The number of benzene rings is 1. The molecule has 4 rings (SSSR count). The molecule has 9 nitrogen and oxygen atoms in total. The summed E-state index contributed by atoms with van der Waals surface area (Å²) in [6.07, 6.45) is 2.99. The topological polar surface area (TPSA) is 127 Å². The van der Waals surface area contributed by atoms with Gasteiger partial charge in [0.1, 0.15) is 23.0 Å². The van der Waals surface area contributed by atoms with E-state index in [4.69, 9.17) is 5.73 Å². The predicted octanol–water partition coefficient (Wildman–Crippen LogP) is 2.80. The molecular formula is C19H19N7O2S. The van der Waals surface area contributed by atoms with Crippen LogP contribution >= 0.6 is 0 Å². The monoisotopic (exact) mass is 409 g/mol. The molecule has 0 radical (unpaired) electrons. The fourth-order valence-electron chi connectivity index (χ4n) is 3.05. The van der Waals surface area contributed by atoms with Gasteiger partial charge in [-0.15, -0.1) is 0 Å². The summed E-state index contributed by atoms with van der Waals surface area (Å²) >= 11 is 0. The molecule has 0 saturated heterocycles. The lowest BCUT2D eigenvalue weighted by molar-refractivity contribution is 0.607. The van der Waals surface area contributed by atoms with Crippen molar-refractivity contribution in [3.8, 4) is 11.4 Å². The number of fused-ring (bicyclic) bond motifs is 1. The van der Waals surface area contributed by atoms with Crippen LogP contribution in [0, 0.1) is 6.92 Å². The molecule has 0 spiro atoms. The van der Waals surface area contributed by atoms with Crippen molar-refractivity contribution in [3.05, 3.63) is 60.6 Å². The average Bonchev–Trinajstić information content (AvgIpc) is 2.97. The summed E-state index contributed by atoms with van der Waals surface area (Å²) in [5.74, 6) is 1.48. The van der Waals surface area contributed by atoms with Gasteiger partial charge in [0.25, 0.3) is 0 Å². The SMILES string of the molecule is Cc1nc(N)cc(-c2c(Nc3cccc(NS(C)(=O)=O)c3)nc3ccccn23)n1. The fraction of sp³-hybridized carbons (Fsp3) is 0.105. The molecule has 0 atom stereocenters. The molecule has 1 aromatic carbocycles. The number of hydrogen-bond donors (Lipinski definition) is 3. The van der Waals surface area contributed by atoms with Gasteiger partial charge in [0.05, 0.1) is 17.6 Å². The molecule has 29 heavy (non-hydrogen) atoms. The number of imidazole rings is 1. The highest BCUT2D eigenvalue weighted by Gasteiger charge is 2.17. The lowest BCUT2D eigenvalue weighted by Gasteiger charge is -2.10. The average molecular weight is 409 g/mol. The van der Waals surface area contributed by atoms with Crippen molar-refractivity contribution in [1.82, 2.24) is 19.4 Å². The Morgan fingerprint density at radius 3 is 2.55 bits per heavy atom. The Morgan fingerprint density at radius 1 is 1.00 bits per heavy atom. The van der Waals surface area contributed by atoms with Crippen LogP contribution in [-0.2, 0) is 10.0 Å². The maximum Gasteiger partial charge on any atom is 0.229 e. The van der Waals surface area contributed by atoms with E-state index in [9.17, 15) is 8.42 Å². The highest BCUT2D eigenvalue weighted by atomic mass is 32.2. The zero-order valence-corrected chi connectivity index (χ0v) is 16.6. The van der Waals surface area contributed by atoms with Crippen LogP contribution in [0.1, 0.15) is 5.82 Å². The normalized spacial score (nSPS) is 11.5. The molecule has 4 N–H and O–H groups in total. The van der Waals surface area contributed by atoms with Gasteiger partial charge in [0.15, 0.2) is 5.82 Å². The van der Waals surface area contributed by atoms with Crippen molar-refractivity contribution in [3.63, 3.8) is 0 Å². The lowest BCUT2D eigenvalue weighted by atomic mass is 10.2. The Hall–Kier alpha value is -3.66. The summed E-state index contributed by atoms with van der Waals surface area (Å²) < 4.78 is 27.4. The Labute approximate surface area is 167 Å². The highest BCUT2D eigenvalue weighted by Crippen LogP contribution is 2.31. The number of nitrogens with zero attached hydrogens (tertiary/aromatic N) is 4. The number of aromatic nitrogens is 4. The minimum Gasteiger partial charge on any atom is -0.384 e. The van der Waals surface area contributed by atoms with Crippen molar-refractivity contribution >= 4 is 38.7 Å². The zero-order valence-electron chi connectivity index (χ0n) is 15.8. The second-order valence-corrected chi connectivity index (χ2v) is 8.29. The van der Waals surface area contributed by atoms with Crippen molar-refractivity contribution in [2.24, 2.45) is 0 Å². The molecule has 3 heterocycles. The molecule has 3 aromatic heterocycles. The largest absolute Gasteiger partial charge is 0.384 e. The Balaban J connectivity index is 1.82. The van der Waals surface area contributed by atoms with Crippen LogP contribution in [0.15, 0.2) is 54.7 Å². The minimum atomic E-state index is -3.38. The summed E-state index contributed by atoms with van der Waals surface area (Å²) in [5.41, 5.74) is 9.12. The van der Waals surface area contributed by atoms with Crippen molar-refractivity contribution in [2.75, 3.05) is 22.0 Å². The number of nitrogen functional groups attached to an aromatic ring is 1. The third-order valence-corrected chi connectivity index (χ3v) is 4.67. The third kappa shape index (κ3) is 4.11. The van der Waals surface area contributed by atoms with E-state index in [2.05, 4.69) is 25.0 Å². The molecule has 0 aliphatic heterocycles. The number of nitrogens with two attached hydrogens (primary N) is 1. The smallest absolute Gasteiger partial charge is 0.229 e. The van der Waals surface area contributed by atoms with Gasteiger partial charge in [-0.3, -0.25) is 9.12 Å². The number of rotatable bonds is 5. The Bertz CT molecular complexity index is 1300. The van der Waals surface area contributed by atoms with Gasteiger partial charge in [-0.25, -0.2) is 23.4 Å².